The molecule has 0 aromatic heterocycles. The maximum Gasteiger partial charge on any atom is 0.242 e. The lowest BCUT2D eigenvalue weighted by Gasteiger charge is -2.30. The van der Waals surface area contributed by atoms with Gasteiger partial charge in [0.25, 0.3) is 0 Å². The molecule has 0 radical (unpaired) electrons. The molecule has 2 amide bonds. The van der Waals surface area contributed by atoms with Crippen LogP contribution in [0, 0.1) is 6.92 Å². The smallest absolute Gasteiger partial charge is 0.242 e. The summed E-state index contributed by atoms with van der Waals surface area (Å²) in [5, 5.41) is 2.99. The summed E-state index contributed by atoms with van der Waals surface area (Å²) in [4.78, 5) is 27.6. The summed E-state index contributed by atoms with van der Waals surface area (Å²) in [6.45, 7) is 8.19. The van der Waals surface area contributed by atoms with Gasteiger partial charge in [0.15, 0.2) is 0 Å². The Balaban J connectivity index is 2.23. The van der Waals surface area contributed by atoms with Crippen molar-refractivity contribution in [3.8, 4) is 0 Å². The summed E-state index contributed by atoms with van der Waals surface area (Å²) in [5.74, 6) is -0.173. The van der Waals surface area contributed by atoms with E-state index in [2.05, 4.69) is 21.2 Å². The predicted octanol–water partition coefficient (Wildman–Crippen LogP) is 4.63. The van der Waals surface area contributed by atoms with Gasteiger partial charge in [0.2, 0.25) is 11.8 Å². The van der Waals surface area contributed by atoms with E-state index in [0.29, 0.717) is 6.54 Å². The topological polar surface area (TPSA) is 49.4 Å². The zero-order valence-corrected chi connectivity index (χ0v) is 18.6. The first-order chi connectivity index (χ1) is 13.3. The molecule has 0 spiro atoms. The Morgan fingerprint density at radius 3 is 2.32 bits per heavy atom. The lowest BCUT2D eigenvalue weighted by Crippen LogP contribution is -2.49. The Bertz CT molecular complexity index is 805. The van der Waals surface area contributed by atoms with Crippen LogP contribution in [0.1, 0.15) is 43.9 Å². The number of carbonyl (C=O) groups excluding carboxylic acids is 2. The van der Waals surface area contributed by atoms with Crippen LogP contribution in [0.4, 0.5) is 0 Å². The third kappa shape index (κ3) is 6.20. The van der Waals surface area contributed by atoms with E-state index in [1.165, 1.54) is 0 Å². The fraction of sp³-hybridized carbons (Fsp3) is 0.391. The molecule has 0 bridgehead atoms. The molecule has 1 N–H and O–H groups in total. The van der Waals surface area contributed by atoms with Crippen molar-refractivity contribution in [3.63, 3.8) is 0 Å². The maximum atomic E-state index is 13.2. The summed E-state index contributed by atoms with van der Waals surface area (Å²) in [6.07, 6.45) is 1.13. The van der Waals surface area contributed by atoms with Crippen LogP contribution in [0.5, 0.6) is 0 Å². The first kappa shape index (κ1) is 22.2. The molecule has 0 saturated heterocycles. The summed E-state index contributed by atoms with van der Waals surface area (Å²) < 4.78 is 0.983. The van der Waals surface area contributed by atoms with Crippen molar-refractivity contribution < 1.29 is 9.59 Å². The van der Waals surface area contributed by atoms with Gasteiger partial charge in [-0.15, -0.1) is 0 Å². The summed E-state index contributed by atoms with van der Waals surface area (Å²) in [5.41, 5.74) is 3.06. The number of hydrogen-bond acceptors (Lipinski definition) is 2. The summed E-state index contributed by atoms with van der Waals surface area (Å²) >= 11 is 3.44. The van der Waals surface area contributed by atoms with Crippen LogP contribution in [0.15, 0.2) is 53.0 Å². The highest BCUT2D eigenvalue weighted by Gasteiger charge is 2.27. The highest BCUT2D eigenvalue weighted by Crippen LogP contribution is 2.17. The van der Waals surface area contributed by atoms with E-state index in [0.717, 1.165) is 27.6 Å². The minimum Gasteiger partial charge on any atom is -0.352 e. The average Bonchev–Trinajstić information content (AvgIpc) is 2.68. The molecule has 2 rings (SSSR count). The number of hydrogen-bond donors (Lipinski definition) is 1. The molecule has 5 heteroatoms. The van der Waals surface area contributed by atoms with E-state index >= 15 is 0 Å². The van der Waals surface area contributed by atoms with Gasteiger partial charge in [-0.1, -0.05) is 59.3 Å². The molecule has 0 fully saturated rings. The van der Waals surface area contributed by atoms with E-state index in [9.17, 15) is 9.59 Å². The molecule has 0 saturated carbocycles. The second-order valence-corrected chi connectivity index (χ2v) is 8.16. The zero-order valence-electron chi connectivity index (χ0n) is 17.0. The molecule has 0 aliphatic carbocycles. The number of halogens is 1. The molecule has 0 heterocycles. The number of nitrogens with zero attached hydrogens (tertiary/aromatic N) is 1. The highest BCUT2D eigenvalue weighted by atomic mass is 79.9. The second kappa shape index (κ2) is 10.4. The van der Waals surface area contributed by atoms with Gasteiger partial charge in [-0.25, -0.2) is 0 Å². The van der Waals surface area contributed by atoms with Crippen LogP contribution < -0.4 is 5.32 Å². The predicted molar refractivity (Wildman–Crippen MR) is 117 cm³/mol. The molecular formula is C23H29BrN2O2. The van der Waals surface area contributed by atoms with Gasteiger partial charge in [0.1, 0.15) is 6.04 Å². The monoisotopic (exact) mass is 444 g/mol. The van der Waals surface area contributed by atoms with E-state index in [-0.39, 0.29) is 24.3 Å². The second-order valence-electron chi connectivity index (χ2n) is 7.25. The van der Waals surface area contributed by atoms with Gasteiger partial charge in [0.05, 0.1) is 6.42 Å². The largest absolute Gasteiger partial charge is 0.352 e. The molecule has 28 heavy (non-hydrogen) atoms. The van der Waals surface area contributed by atoms with Crippen molar-refractivity contribution in [2.45, 2.75) is 59.2 Å². The van der Waals surface area contributed by atoms with Crippen LogP contribution in [0.25, 0.3) is 0 Å². The van der Waals surface area contributed by atoms with Gasteiger partial charge >= 0.3 is 0 Å². The highest BCUT2D eigenvalue weighted by molar-refractivity contribution is 9.10. The fourth-order valence-corrected chi connectivity index (χ4v) is 3.17. The van der Waals surface area contributed by atoms with E-state index in [4.69, 9.17) is 0 Å². The van der Waals surface area contributed by atoms with Gasteiger partial charge in [-0.2, -0.15) is 0 Å². The van der Waals surface area contributed by atoms with Crippen molar-refractivity contribution in [1.29, 1.82) is 0 Å². The molecule has 4 nitrogen and oxygen atoms in total. The molecule has 2 aromatic carbocycles. The molecule has 0 aliphatic rings. The minimum absolute atomic E-state index is 0.0518. The van der Waals surface area contributed by atoms with Crippen molar-refractivity contribution in [2.24, 2.45) is 0 Å². The summed E-state index contributed by atoms with van der Waals surface area (Å²) in [6, 6.07) is 15.2. The number of carbonyl (C=O) groups is 2. The number of benzene rings is 2. The Morgan fingerprint density at radius 1 is 1.07 bits per heavy atom. The summed E-state index contributed by atoms with van der Waals surface area (Å²) in [7, 11) is 0. The van der Waals surface area contributed by atoms with Crippen LogP contribution in [0.3, 0.4) is 0 Å². The first-order valence-electron chi connectivity index (χ1n) is 9.70. The fourth-order valence-electron chi connectivity index (χ4n) is 2.91. The van der Waals surface area contributed by atoms with Gasteiger partial charge in [-0.05, 0) is 56.0 Å². The zero-order chi connectivity index (χ0) is 20.7. The standard InChI is InChI=1S/C23H29BrN2O2/c1-5-17(3)25-23(28)18(4)26(15-19-10-12-21(24)13-11-19)22(27)14-20-9-7-6-8-16(20)2/h6-13,17-18H,5,14-15H2,1-4H3,(H,25,28)/t17-,18-/m0/s1. The molecular weight excluding hydrogens is 416 g/mol. The average molecular weight is 445 g/mol. The Hall–Kier alpha value is -2.14. The number of aryl methyl sites for hydroxylation is 1. The molecule has 2 atom stereocenters. The minimum atomic E-state index is -0.547. The van der Waals surface area contributed by atoms with Crippen molar-refractivity contribution >= 4 is 27.7 Å². The number of amides is 2. The van der Waals surface area contributed by atoms with E-state index < -0.39 is 6.04 Å². The van der Waals surface area contributed by atoms with Crippen LogP contribution in [-0.4, -0.2) is 28.8 Å². The third-order valence-corrected chi connectivity index (χ3v) is 5.57. The molecule has 2 aromatic rings. The number of rotatable bonds is 8. The molecule has 0 aliphatic heterocycles. The van der Waals surface area contributed by atoms with Crippen molar-refractivity contribution in [3.05, 3.63) is 69.7 Å². The Morgan fingerprint density at radius 2 is 1.71 bits per heavy atom. The maximum absolute atomic E-state index is 13.2. The van der Waals surface area contributed by atoms with E-state index in [1.54, 1.807) is 11.8 Å². The van der Waals surface area contributed by atoms with E-state index in [1.807, 2.05) is 69.3 Å². The first-order valence-corrected chi connectivity index (χ1v) is 10.5. The third-order valence-electron chi connectivity index (χ3n) is 5.04. The Labute approximate surface area is 176 Å². The lowest BCUT2D eigenvalue weighted by atomic mass is 10.0. The number of nitrogens with one attached hydrogen (secondary N) is 1. The van der Waals surface area contributed by atoms with Crippen LogP contribution in [0.2, 0.25) is 0 Å². The quantitative estimate of drug-likeness (QED) is 0.644. The van der Waals surface area contributed by atoms with Gasteiger partial charge < -0.3 is 10.2 Å². The van der Waals surface area contributed by atoms with Crippen molar-refractivity contribution in [2.75, 3.05) is 0 Å². The van der Waals surface area contributed by atoms with Crippen molar-refractivity contribution in [1.82, 2.24) is 10.2 Å². The van der Waals surface area contributed by atoms with Crippen LogP contribution in [-0.2, 0) is 22.6 Å². The SMILES string of the molecule is CC[C@H](C)NC(=O)[C@H](C)N(Cc1ccc(Br)cc1)C(=O)Cc1ccccc1C. The lowest BCUT2D eigenvalue weighted by molar-refractivity contribution is -0.140. The van der Waals surface area contributed by atoms with Crippen LogP contribution >= 0.6 is 15.9 Å². The van der Waals surface area contributed by atoms with Gasteiger partial charge in [-0.3, -0.25) is 9.59 Å². The molecule has 150 valence electrons. The van der Waals surface area contributed by atoms with Gasteiger partial charge in [0, 0.05) is 17.1 Å². The Kier molecular flexibility index (Phi) is 8.24. The molecule has 0 unspecified atom stereocenters. The normalized spacial score (nSPS) is 12.9.